The third kappa shape index (κ3) is 2.88. The normalized spacial score (nSPS) is 19.7. The Morgan fingerprint density at radius 3 is 3.06 bits per heavy atom. The van der Waals surface area contributed by atoms with Crippen LogP contribution in [-0.2, 0) is 17.8 Å². The van der Waals surface area contributed by atoms with Gasteiger partial charge in [-0.3, -0.25) is 4.79 Å². The van der Waals surface area contributed by atoms with E-state index >= 15 is 0 Å². The molecule has 1 aromatic rings. The summed E-state index contributed by atoms with van der Waals surface area (Å²) in [6.45, 7) is 0.693. The molecule has 0 saturated carbocycles. The number of fused-ring (bicyclic) bond motifs is 1. The molecule has 0 saturated heterocycles. The zero-order valence-corrected chi connectivity index (χ0v) is 10.4. The summed E-state index contributed by atoms with van der Waals surface area (Å²) in [5.41, 5.74) is 8.00. The Balaban J connectivity index is 2.15. The summed E-state index contributed by atoms with van der Waals surface area (Å²) in [4.78, 5) is 10.8. The second-order valence-corrected chi connectivity index (χ2v) is 4.78. The second kappa shape index (κ2) is 5.36. The number of carbonyl (C=O) groups is 1. The van der Waals surface area contributed by atoms with Crippen LogP contribution in [0.5, 0.6) is 0 Å². The van der Waals surface area contributed by atoms with E-state index in [9.17, 15) is 4.79 Å². The number of hydrogen-bond donors (Lipinski definition) is 2. The summed E-state index contributed by atoms with van der Waals surface area (Å²) in [5, 5.41) is 3.37. The van der Waals surface area contributed by atoms with Crippen LogP contribution in [0.3, 0.4) is 0 Å². The van der Waals surface area contributed by atoms with E-state index in [-0.39, 0.29) is 5.91 Å². The van der Waals surface area contributed by atoms with E-state index in [0.717, 1.165) is 6.42 Å². The van der Waals surface area contributed by atoms with Gasteiger partial charge in [0, 0.05) is 31.4 Å². The van der Waals surface area contributed by atoms with Gasteiger partial charge in [-0.2, -0.15) is 0 Å². The van der Waals surface area contributed by atoms with Crippen molar-refractivity contribution in [3.8, 4) is 0 Å². The van der Waals surface area contributed by atoms with Crippen LogP contribution < -0.4 is 11.1 Å². The van der Waals surface area contributed by atoms with Crippen molar-refractivity contribution in [3.05, 3.63) is 23.5 Å². The Hall–Kier alpha value is -1.29. The van der Waals surface area contributed by atoms with Gasteiger partial charge in [-0.1, -0.05) is 6.42 Å². The first-order valence-electron chi connectivity index (χ1n) is 6.35. The van der Waals surface area contributed by atoms with E-state index in [1.165, 1.54) is 30.4 Å². The highest BCUT2D eigenvalue weighted by molar-refractivity contribution is 5.73. The van der Waals surface area contributed by atoms with Crippen molar-refractivity contribution in [1.29, 1.82) is 0 Å². The molecular weight excluding hydrogens is 214 g/mol. The van der Waals surface area contributed by atoms with Gasteiger partial charge in [-0.25, -0.2) is 0 Å². The Morgan fingerprint density at radius 2 is 2.35 bits per heavy atom. The fourth-order valence-electron chi connectivity index (χ4n) is 2.58. The van der Waals surface area contributed by atoms with Crippen LogP contribution in [0.15, 0.2) is 12.4 Å². The summed E-state index contributed by atoms with van der Waals surface area (Å²) >= 11 is 0. The van der Waals surface area contributed by atoms with Crippen LogP contribution in [0.25, 0.3) is 0 Å². The zero-order valence-electron chi connectivity index (χ0n) is 10.4. The maximum atomic E-state index is 10.8. The second-order valence-electron chi connectivity index (χ2n) is 4.78. The monoisotopic (exact) mass is 235 g/mol. The topological polar surface area (TPSA) is 60.1 Å². The molecule has 3 N–H and O–H groups in total. The van der Waals surface area contributed by atoms with Gasteiger partial charge in [0.25, 0.3) is 0 Å². The number of hydrogen-bond acceptors (Lipinski definition) is 2. The van der Waals surface area contributed by atoms with Crippen molar-refractivity contribution in [3.63, 3.8) is 0 Å². The Bertz CT molecular complexity index is 397. The Morgan fingerprint density at radius 1 is 1.53 bits per heavy atom. The number of nitrogens with one attached hydrogen (secondary N) is 1. The number of nitrogens with zero attached hydrogens (tertiary/aromatic N) is 1. The highest BCUT2D eigenvalue weighted by atomic mass is 16.1. The number of primary amides is 1. The van der Waals surface area contributed by atoms with E-state index in [2.05, 4.69) is 22.3 Å². The van der Waals surface area contributed by atoms with Crippen LogP contribution in [0.2, 0.25) is 0 Å². The minimum atomic E-state index is -0.237. The van der Waals surface area contributed by atoms with Crippen LogP contribution >= 0.6 is 0 Å². The number of aryl methyl sites for hydroxylation is 2. The molecule has 1 unspecified atom stereocenters. The maximum absolute atomic E-state index is 10.8. The van der Waals surface area contributed by atoms with Gasteiger partial charge >= 0.3 is 0 Å². The Kier molecular flexibility index (Phi) is 3.84. The molecule has 0 aliphatic heterocycles. The standard InChI is InChI=1S/C13H21N3O/c1-15-12-5-3-2-4-10-8-16(9-11(10)12)7-6-13(14)17/h8-9,12,15H,2-7H2,1H3,(H2,14,17). The van der Waals surface area contributed by atoms with Crippen LogP contribution in [0, 0.1) is 0 Å². The first-order valence-corrected chi connectivity index (χ1v) is 6.35. The van der Waals surface area contributed by atoms with E-state index in [1.807, 2.05) is 7.05 Å². The lowest BCUT2D eigenvalue weighted by atomic mass is 10.1. The molecule has 4 nitrogen and oxygen atoms in total. The maximum Gasteiger partial charge on any atom is 0.219 e. The minimum absolute atomic E-state index is 0.237. The van der Waals surface area contributed by atoms with Gasteiger partial charge < -0.3 is 15.6 Å². The summed E-state index contributed by atoms with van der Waals surface area (Å²) in [5.74, 6) is -0.237. The zero-order chi connectivity index (χ0) is 12.3. The SMILES string of the molecule is CNC1CCCCc2cn(CCC(N)=O)cc21. The number of carbonyl (C=O) groups excluding carboxylic acids is 1. The molecule has 1 amide bonds. The van der Waals surface area contributed by atoms with E-state index < -0.39 is 0 Å². The van der Waals surface area contributed by atoms with Crippen molar-refractivity contribution in [2.75, 3.05) is 7.05 Å². The highest BCUT2D eigenvalue weighted by Gasteiger charge is 2.18. The lowest BCUT2D eigenvalue weighted by Crippen LogP contribution is -2.16. The van der Waals surface area contributed by atoms with Gasteiger partial charge in [0.2, 0.25) is 5.91 Å². The van der Waals surface area contributed by atoms with Gasteiger partial charge in [0.05, 0.1) is 0 Å². The predicted molar refractivity (Wildman–Crippen MR) is 67.6 cm³/mol. The van der Waals surface area contributed by atoms with Crippen molar-refractivity contribution in [2.24, 2.45) is 5.73 Å². The fraction of sp³-hybridized carbons (Fsp3) is 0.615. The van der Waals surface area contributed by atoms with Gasteiger partial charge in [-0.05, 0) is 37.4 Å². The number of nitrogens with two attached hydrogens (primary N) is 1. The molecule has 0 bridgehead atoms. The average Bonchev–Trinajstić information content (AvgIpc) is 2.61. The molecule has 1 heterocycles. The highest BCUT2D eigenvalue weighted by Crippen LogP contribution is 2.29. The number of rotatable bonds is 4. The molecule has 1 aliphatic rings. The summed E-state index contributed by atoms with van der Waals surface area (Å²) in [6.07, 6.45) is 9.64. The lowest BCUT2D eigenvalue weighted by molar-refractivity contribution is -0.118. The molecule has 1 aliphatic carbocycles. The molecule has 4 heteroatoms. The molecule has 0 radical (unpaired) electrons. The minimum Gasteiger partial charge on any atom is -0.370 e. The first kappa shape index (κ1) is 12.2. The smallest absolute Gasteiger partial charge is 0.219 e. The summed E-state index contributed by atoms with van der Waals surface area (Å²) in [7, 11) is 2.01. The molecule has 94 valence electrons. The van der Waals surface area contributed by atoms with Gasteiger partial charge in [0.15, 0.2) is 0 Å². The third-order valence-corrected chi connectivity index (χ3v) is 3.53. The molecule has 17 heavy (non-hydrogen) atoms. The largest absolute Gasteiger partial charge is 0.370 e. The Labute approximate surface area is 102 Å². The summed E-state index contributed by atoms with van der Waals surface area (Å²) in [6, 6.07) is 0.460. The molecule has 2 rings (SSSR count). The number of aromatic nitrogens is 1. The predicted octanol–water partition coefficient (Wildman–Crippen LogP) is 1.35. The molecule has 0 aromatic carbocycles. The quantitative estimate of drug-likeness (QED) is 0.774. The van der Waals surface area contributed by atoms with Crippen molar-refractivity contribution in [1.82, 2.24) is 9.88 Å². The van der Waals surface area contributed by atoms with Gasteiger partial charge in [-0.15, -0.1) is 0 Å². The lowest BCUT2D eigenvalue weighted by Gasteiger charge is -2.13. The van der Waals surface area contributed by atoms with E-state index in [4.69, 9.17) is 5.73 Å². The van der Waals surface area contributed by atoms with Crippen molar-refractivity contribution >= 4 is 5.91 Å². The molecular formula is C13H21N3O. The van der Waals surface area contributed by atoms with Crippen molar-refractivity contribution < 1.29 is 4.79 Å². The number of amides is 1. The van der Waals surface area contributed by atoms with Crippen LogP contribution in [0.1, 0.15) is 42.9 Å². The summed E-state index contributed by atoms with van der Waals surface area (Å²) < 4.78 is 2.10. The first-order chi connectivity index (χ1) is 8.20. The van der Waals surface area contributed by atoms with Gasteiger partial charge in [0.1, 0.15) is 0 Å². The average molecular weight is 235 g/mol. The molecule has 1 atom stereocenters. The molecule has 0 fully saturated rings. The van der Waals surface area contributed by atoms with Crippen molar-refractivity contribution in [2.45, 2.75) is 44.7 Å². The van der Waals surface area contributed by atoms with Crippen LogP contribution in [-0.4, -0.2) is 17.5 Å². The van der Waals surface area contributed by atoms with E-state index in [0.29, 0.717) is 19.0 Å². The fourth-order valence-corrected chi connectivity index (χ4v) is 2.58. The third-order valence-electron chi connectivity index (χ3n) is 3.53. The molecule has 0 spiro atoms. The molecule has 1 aromatic heterocycles. The van der Waals surface area contributed by atoms with E-state index in [1.54, 1.807) is 0 Å². The van der Waals surface area contributed by atoms with Crippen LogP contribution in [0.4, 0.5) is 0 Å².